The molecule has 2 aromatic heterocycles. The van der Waals surface area contributed by atoms with Crippen LogP contribution in [0.2, 0.25) is 0 Å². The van der Waals surface area contributed by atoms with Crippen molar-refractivity contribution in [2.45, 2.75) is 19.9 Å². The first kappa shape index (κ1) is 7.35. The van der Waals surface area contributed by atoms with E-state index < -0.39 is 0 Å². The Bertz CT molecular complexity index is 387. The van der Waals surface area contributed by atoms with Crippen molar-refractivity contribution in [2.75, 3.05) is 0 Å². The highest BCUT2D eigenvalue weighted by Crippen LogP contribution is 2.17. The second-order valence-electron chi connectivity index (χ2n) is 3.25. The van der Waals surface area contributed by atoms with E-state index >= 15 is 0 Å². The molecule has 2 heteroatoms. The van der Waals surface area contributed by atoms with Crippen LogP contribution in [0.25, 0.3) is 10.9 Å². The molecule has 0 aliphatic rings. The summed E-state index contributed by atoms with van der Waals surface area (Å²) in [5.41, 5.74) is 1.26. The molecular weight excluding hydrogens is 148 g/mol. The standard InChI is InChI=1S/C10H12N2/c1-8(2)12-6-4-9-7-11-5-3-10(9)12/h3-8H,1-2H3. The molecule has 0 aliphatic heterocycles. The first-order valence-corrected chi connectivity index (χ1v) is 4.19. The summed E-state index contributed by atoms with van der Waals surface area (Å²) in [5.74, 6) is 0. The molecule has 0 fully saturated rings. The van der Waals surface area contributed by atoms with Gasteiger partial charge < -0.3 is 4.57 Å². The molecule has 0 amide bonds. The lowest BCUT2D eigenvalue weighted by molar-refractivity contribution is 0.623. The first-order valence-electron chi connectivity index (χ1n) is 4.19. The van der Waals surface area contributed by atoms with Crippen LogP contribution in [0.15, 0.2) is 30.7 Å². The van der Waals surface area contributed by atoms with Crippen molar-refractivity contribution in [3.63, 3.8) is 0 Å². The van der Waals surface area contributed by atoms with Gasteiger partial charge in [0.05, 0.1) is 5.52 Å². The Morgan fingerprint density at radius 1 is 1.33 bits per heavy atom. The summed E-state index contributed by atoms with van der Waals surface area (Å²) < 4.78 is 2.25. The average molecular weight is 160 g/mol. The van der Waals surface area contributed by atoms with Crippen molar-refractivity contribution in [2.24, 2.45) is 0 Å². The van der Waals surface area contributed by atoms with Gasteiger partial charge in [-0.3, -0.25) is 4.98 Å². The summed E-state index contributed by atoms with van der Waals surface area (Å²) in [5, 5.41) is 1.21. The predicted molar refractivity (Wildman–Crippen MR) is 50.1 cm³/mol. The Morgan fingerprint density at radius 3 is 2.92 bits per heavy atom. The van der Waals surface area contributed by atoms with Gasteiger partial charge >= 0.3 is 0 Å². The van der Waals surface area contributed by atoms with E-state index in [1.54, 1.807) is 0 Å². The lowest BCUT2D eigenvalue weighted by atomic mass is 10.3. The third-order valence-electron chi connectivity index (χ3n) is 2.08. The largest absolute Gasteiger partial charge is 0.345 e. The van der Waals surface area contributed by atoms with Crippen molar-refractivity contribution in [1.82, 2.24) is 9.55 Å². The predicted octanol–water partition coefficient (Wildman–Crippen LogP) is 2.62. The zero-order valence-corrected chi connectivity index (χ0v) is 7.36. The molecule has 62 valence electrons. The van der Waals surface area contributed by atoms with Gasteiger partial charge in [-0.15, -0.1) is 0 Å². The van der Waals surface area contributed by atoms with Crippen LogP contribution in [-0.4, -0.2) is 9.55 Å². The molecule has 0 bridgehead atoms. The number of nitrogens with zero attached hydrogens (tertiary/aromatic N) is 2. The van der Waals surface area contributed by atoms with Gasteiger partial charge in [-0.2, -0.15) is 0 Å². The van der Waals surface area contributed by atoms with Crippen LogP contribution in [-0.2, 0) is 0 Å². The summed E-state index contributed by atoms with van der Waals surface area (Å²) >= 11 is 0. The minimum atomic E-state index is 0.518. The van der Waals surface area contributed by atoms with E-state index in [1.165, 1.54) is 10.9 Å². The third kappa shape index (κ3) is 0.998. The molecule has 2 aromatic rings. The van der Waals surface area contributed by atoms with Crippen molar-refractivity contribution < 1.29 is 0 Å². The lowest BCUT2D eigenvalue weighted by Gasteiger charge is -2.08. The van der Waals surface area contributed by atoms with Gasteiger partial charge in [0.25, 0.3) is 0 Å². The zero-order chi connectivity index (χ0) is 8.55. The first-order chi connectivity index (χ1) is 5.79. The number of hydrogen-bond acceptors (Lipinski definition) is 1. The summed E-state index contributed by atoms with van der Waals surface area (Å²) in [6, 6.07) is 4.67. The second-order valence-corrected chi connectivity index (χ2v) is 3.25. The van der Waals surface area contributed by atoms with E-state index in [0.717, 1.165) is 0 Å². The van der Waals surface area contributed by atoms with Crippen molar-refractivity contribution in [3.8, 4) is 0 Å². The summed E-state index contributed by atoms with van der Waals surface area (Å²) in [6.07, 6.45) is 5.84. The SMILES string of the molecule is CC(C)n1ccc2cnccc21. The highest BCUT2D eigenvalue weighted by atomic mass is 15.0. The van der Waals surface area contributed by atoms with Crippen molar-refractivity contribution in [1.29, 1.82) is 0 Å². The van der Waals surface area contributed by atoms with E-state index in [-0.39, 0.29) is 0 Å². The highest BCUT2D eigenvalue weighted by Gasteiger charge is 2.01. The molecule has 0 aliphatic carbocycles. The Morgan fingerprint density at radius 2 is 2.17 bits per heavy atom. The fraction of sp³-hybridized carbons (Fsp3) is 0.300. The molecule has 0 spiro atoms. The van der Waals surface area contributed by atoms with Gasteiger partial charge in [0.2, 0.25) is 0 Å². The van der Waals surface area contributed by atoms with Gasteiger partial charge in [0.15, 0.2) is 0 Å². The van der Waals surface area contributed by atoms with Gasteiger partial charge in [-0.25, -0.2) is 0 Å². The molecule has 2 rings (SSSR count). The molecule has 0 saturated carbocycles. The summed E-state index contributed by atoms with van der Waals surface area (Å²) in [4.78, 5) is 4.07. The van der Waals surface area contributed by atoms with E-state index in [1.807, 2.05) is 12.4 Å². The van der Waals surface area contributed by atoms with Crippen LogP contribution >= 0.6 is 0 Å². The van der Waals surface area contributed by atoms with Crippen molar-refractivity contribution in [3.05, 3.63) is 30.7 Å². The molecule has 12 heavy (non-hydrogen) atoms. The fourth-order valence-electron chi connectivity index (χ4n) is 1.45. The smallest absolute Gasteiger partial charge is 0.0513 e. The number of hydrogen-bond donors (Lipinski definition) is 0. The van der Waals surface area contributed by atoms with Crippen LogP contribution in [0.5, 0.6) is 0 Å². The maximum Gasteiger partial charge on any atom is 0.0513 e. The van der Waals surface area contributed by atoms with E-state index in [0.29, 0.717) is 6.04 Å². The van der Waals surface area contributed by atoms with E-state index in [9.17, 15) is 0 Å². The number of fused-ring (bicyclic) bond motifs is 1. The quantitative estimate of drug-likeness (QED) is 0.627. The van der Waals surface area contributed by atoms with E-state index in [4.69, 9.17) is 0 Å². The molecule has 0 unspecified atom stereocenters. The van der Waals surface area contributed by atoms with Crippen LogP contribution in [0.3, 0.4) is 0 Å². The molecule has 0 radical (unpaired) electrons. The lowest BCUT2D eigenvalue weighted by Crippen LogP contribution is -1.97. The van der Waals surface area contributed by atoms with Gasteiger partial charge in [0, 0.05) is 30.0 Å². The minimum absolute atomic E-state index is 0.518. The monoisotopic (exact) mass is 160 g/mol. The van der Waals surface area contributed by atoms with Gasteiger partial charge in [-0.05, 0) is 26.0 Å². The molecule has 0 atom stereocenters. The maximum absolute atomic E-state index is 4.07. The maximum atomic E-state index is 4.07. The Hall–Kier alpha value is -1.31. The van der Waals surface area contributed by atoms with Gasteiger partial charge in [-0.1, -0.05) is 0 Å². The third-order valence-corrected chi connectivity index (χ3v) is 2.08. The van der Waals surface area contributed by atoms with Crippen molar-refractivity contribution >= 4 is 10.9 Å². The molecule has 2 nitrogen and oxygen atoms in total. The Kier molecular flexibility index (Phi) is 1.61. The van der Waals surface area contributed by atoms with Crippen LogP contribution in [0.1, 0.15) is 19.9 Å². The number of pyridine rings is 1. The molecule has 0 N–H and O–H groups in total. The molecule has 0 saturated heterocycles. The molecular formula is C10H12N2. The van der Waals surface area contributed by atoms with Crippen LogP contribution in [0, 0.1) is 0 Å². The van der Waals surface area contributed by atoms with Crippen LogP contribution < -0.4 is 0 Å². The number of aromatic nitrogens is 2. The average Bonchev–Trinajstić information content (AvgIpc) is 2.47. The summed E-state index contributed by atoms with van der Waals surface area (Å²) in [7, 11) is 0. The van der Waals surface area contributed by atoms with E-state index in [2.05, 4.69) is 41.7 Å². The fourth-order valence-corrected chi connectivity index (χ4v) is 1.45. The molecule has 2 heterocycles. The van der Waals surface area contributed by atoms with Crippen LogP contribution in [0.4, 0.5) is 0 Å². The normalized spacial score (nSPS) is 11.2. The highest BCUT2D eigenvalue weighted by molar-refractivity contribution is 5.78. The summed E-state index contributed by atoms with van der Waals surface area (Å²) in [6.45, 7) is 4.36. The molecule has 0 aromatic carbocycles. The second kappa shape index (κ2) is 2.63. The Balaban J connectivity index is 2.70. The zero-order valence-electron chi connectivity index (χ0n) is 7.36. The minimum Gasteiger partial charge on any atom is -0.345 e. The van der Waals surface area contributed by atoms with Gasteiger partial charge in [0.1, 0.15) is 0 Å². The Labute approximate surface area is 71.8 Å². The topological polar surface area (TPSA) is 17.8 Å². The number of rotatable bonds is 1.